The summed E-state index contributed by atoms with van der Waals surface area (Å²) in [6, 6.07) is 1.72. The van der Waals surface area contributed by atoms with E-state index >= 15 is 0 Å². The number of fused-ring (bicyclic) bond motifs is 1. The molecular weight excluding hydrogens is 166 g/mol. The molecule has 1 aliphatic rings. The van der Waals surface area contributed by atoms with Gasteiger partial charge in [-0.25, -0.2) is 4.98 Å². The molecule has 13 heavy (non-hydrogen) atoms. The zero-order valence-electron chi connectivity index (χ0n) is 7.01. The normalized spacial score (nSPS) is 16.6. The monoisotopic (exact) mass is 175 g/mol. The molecule has 5 nitrogen and oxygen atoms in total. The third-order valence-corrected chi connectivity index (χ3v) is 2.23. The van der Waals surface area contributed by atoms with Crippen LogP contribution in [0.1, 0.15) is 24.6 Å². The van der Waals surface area contributed by atoms with E-state index in [0.29, 0.717) is 17.5 Å². The van der Waals surface area contributed by atoms with Crippen LogP contribution in [0.3, 0.4) is 0 Å². The standard InChI is InChI=1S/C8H9N5/c9-6-3-4-10-8-11-7(5-1-2-5)12-13(6)8/h3-5H,1-2,9H2. The van der Waals surface area contributed by atoms with Gasteiger partial charge in [0.25, 0.3) is 5.78 Å². The van der Waals surface area contributed by atoms with Crippen LogP contribution in [0.25, 0.3) is 5.78 Å². The molecule has 2 aromatic heterocycles. The number of hydrogen-bond acceptors (Lipinski definition) is 4. The Hall–Kier alpha value is -1.65. The molecule has 0 amide bonds. The Balaban J connectivity index is 2.26. The fourth-order valence-electron chi connectivity index (χ4n) is 1.34. The lowest BCUT2D eigenvalue weighted by Crippen LogP contribution is -1.99. The minimum absolute atomic E-state index is 0.543. The molecule has 0 saturated heterocycles. The number of anilines is 1. The Morgan fingerprint density at radius 3 is 3.00 bits per heavy atom. The summed E-state index contributed by atoms with van der Waals surface area (Å²) in [6.07, 6.45) is 4.03. The van der Waals surface area contributed by atoms with Gasteiger partial charge < -0.3 is 5.73 Å². The predicted octanol–water partition coefficient (Wildman–Crippen LogP) is 0.584. The number of nitrogens with two attached hydrogens (primary N) is 1. The van der Waals surface area contributed by atoms with E-state index in [4.69, 9.17) is 5.73 Å². The van der Waals surface area contributed by atoms with Gasteiger partial charge in [-0.2, -0.15) is 9.50 Å². The second kappa shape index (κ2) is 2.18. The summed E-state index contributed by atoms with van der Waals surface area (Å²) in [5.41, 5.74) is 5.71. The number of rotatable bonds is 1. The fraction of sp³-hybridized carbons (Fsp3) is 0.375. The fourth-order valence-corrected chi connectivity index (χ4v) is 1.34. The maximum atomic E-state index is 5.71. The van der Waals surface area contributed by atoms with Crippen molar-refractivity contribution in [3.8, 4) is 0 Å². The first kappa shape index (κ1) is 6.82. The van der Waals surface area contributed by atoms with Gasteiger partial charge in [0.15, 0.2) is 5.82 Å². The van der Waals surface area contributed by atoms with Crippen molar-refractivity contribution in [2.75, 3.05) is 5.73 Å². The van der Waals surface area contributed by atoms with Gasteiger partial charge in [-0.3, -0.25) is 0 Å². The van der Waals surface area contributed by atoms with Crippen LogP contribution in [-0.2, 0) is 0 Å². The van der Waals surface area contributed by atoms with Gasteiger partial charge in [0.05, 0.1) is 0 Å². The van der Waals surface area contributed by atoms with Gasteiger partial charge in [-0.1, -0.05) is 0 Å². The molecule has 0 radical (unpaired) electrons. The van der Waals surface area contributed by atoms with Crippen molar-refractivity contribution in [1.82, 2.24) is 19.6 Å². The Kier molecular flexibility index (Phi) is 1.15. The van der Waals surface area contributed by atoms with E-state index in [9.17, 15) is 0 Å². The first-order chi connectivity index (χ1) is 6.34. The van der Waals surface area contributed by atoms with Crippen molar-refractivity contribution in [3.05, 3.63) is 18.1 Å². The van der Waals surface area contributed by atoms with Crippen LogP contribution in [-0.4, -0.2) is 19.6 Å². The highest BCUT2D eigenvalue weighted by Crippen LogP contribution is 2.38. The van der Waals surface area contributed by atoms with Crippen molar-refractivity contribution in [3.63, 3.8) is 0 Å². The van der Waals surface area contributed by atoms with E-state index in [-0.39, 0.29) is 0 Å². The third-order valence-electron chi connectivity index (χ3n) is 2.23. The Labute approximate surface area is 74.6 Å². The van der Waals surface area contributed by atoms with Crippen LogP contribution in [0.2, 0.25) is 0 Å². The van der Waals surface area contributed by atoms with Gasteiger partial charge >= 0.3 is 0 Å². The summed E-state index contributed by atoms with van der Waals surface area (Å²) < 4.78 is 1.59. The molecule has 3 rings (SSSR count). The maximum Gasteiger partial charge on any atom is 0.254 e. The number of nitrogen functional groups attached to an aromatic ring is 1. The van der Waals surface area contributed by atoms with Crippen molar-refractivity contribution in [2.24, 2.45) is 0 Å². The second-order valence-electron chi connectivity index (χ2n) is 3.33. The average Bonchev–Trinajstić information content (AvgIpc) is 2.87. The van der Waals surface area contributed by atoms with Crippen molar-refractivity contribution < 1.29 is 0 Å². The number of nitrogens with zero attached hydrogens (tertiary/aromatic N) is 4. The number of hydrogen-bond donors (Lipinski definition) is 1. The topological polar surface area (TPSA) is 69.1 Å². The smallest absolute Gasteiger partial charge is 0.254 e. The van der Waals surface area contributed by atoms with Crippen LogP contribution in [0, 0.1) is 0 Å². The van der Waals surface area contributed by atoms with E-state index < -0.39 is 0 Å². The molecule has 2 heterocycles. The summed E-state index contributed by atoms with van der Waals surface area (Å²) >= 11 is 0. The van der Waals surface area contributed by atoms with Crippen LogP contribution in [0.4, 0.5) is 5.82 Å². The zero-order chi connectivity index (χ0) is 8.84. The first-order valence-corrected chi connectivity index (χ1v) is 4.32. The molecule has 1 fully saturated rings. The Bertz CT molecular complexity index is 457. The van der Waals surface area contributed by atoms with Gasteiger partial charge in [-0.15, -0.1) is 5.10 Å². The molecule has 5 heteroatoms. The highest BCUT2D eigenvalue weighted by atomic mass is 15.4. The van der Waals surface area contributed by atoms with Crippen LogP contribution in [0.5, 0.6) is 0 Å². The number of aromatic nitrogens is 4. The van der Waals surface area contributed by atoms with Gasteiger partial charge in [0, 0.05) is 12.1 Å². The first-order valence-electron chi connectivity index (χ1n) is 4.32. The zero-order valence-corrected chi connectivity index (χ0v) is 7.01. The second-order valence-corrected chi connectivity index (χ2v) is 3.33. The quantitative estimate of drug-likeness (QED) is 0.688. The predicted molar refractivity (Wildman–Crippen MR) is 47.2 cm³/mol. The van der Waals surface area contributed by atoms with Gasteiger partial charge in [-0.05, 0) is 18.9 Å². The molecule has 1 saturated carbocycles. The Morgan fingerprint density at radius 1 is 1.46 bits per heavy atom. The lowest BCUT2D eigenvalue weighted by Gasteiger charge is -1.92. The molecule has 0 atom stereocenters. The van der Waals surface area contributed by atoms with E-state index in [1.165, 1.54) is 12.8 Å². The van der Waals surface area contributed by atoms with Crippen LogP contribution < -0.4 is 5.73 Å². The van der Waals surface area contributed by atoms with Crippen LogP contribution in [0.15, 0.2) is 12.3 Å². The molecule has 0 bridgehead atoms. The minimum Gasteiger partial charge on any atom is -0.383 e. The summed E-state index contributed by atoms with van der Waals surface area (Å²) in [4.78, 5) is 8.38. The van der Waals surface area contributed by atoms with E-state index in [0.717, 1.165) is 5.82 Å². The molecule has 2 N–H and O–H groups in total. The lowest BCUT2D eigenvalue weighted by molar-refractivity contribution is 0.880. The van der Waals surface area contributed by atoms with Gasteiger partial charge in [0.2, 0.25) is 0 Å². The Morgan fingerprint density at radius 2 is 2.31 bits per heavy atom. The molecule has 66 valence electrons. The average molecular weight is 175 g/mol. The minimum atomic E-state index is 0.543. The van der Waals surface area contributed by atoms with Crippen molar-refractivity contribution in [2.45, 2.75) is 18.8 Å². The maximum absolute atomic E-state index is 5.71. The van der Waals surface area contributed by atoms with E-state index in [1.54, 1.807) is 16.8 Å². The SMILES string of the molecule is Nc1ccnc2nc(C3CC3)nn12. The molecule has 1 aliphatic carbocycles. The molecule has 2 aromatic rings. The van der Waals surface area contributed by atoms with Crippen molar-refractivity contribution >= 4 is 11.6 Å². The summed E-state index contributed by atoms with van der Waals surface area (Å²) in [6.45, 7) is 0. The van der Waals surface area contributed by atoms with Crippen LogP contribution >= 0.6 is 0 Å². The highest BCUT2D eigenvalue weighted by molar-refractivity contribution is 5.39. The summed E-state index contributed by atoms with van der Waals surface area (Å²) in [5.74, 6) is 2.61. The molecular formula is C8H9N5. The third kappa shape index (κ3) is 0.965. The largest absolute Gasteiger partial charge is 0.383 e. The van der Waals surface area contributed by atoms with Gasteiger partial charge in [0.1, 0.15) is 5.82 Å². The molecule has 0 aromatic carbocycles. The van der Waals surface area contributed by atoms with E-state index in [2.05, 4.69) is 15.1 Å². The summed E-state index contributed by atoms with van der Waals surface area (Å²) in [5, 5.41) is 4.29. The van der Waals surface area contributed by atoms with E-state index in [1.807, 2.05) is 0 Å². The summed E-state index contributed by atoms with van der Waals surface area (Å²) in [7, 11) is 0. The molecule has 0 spiro atoms. The lowest BCUT2D eigenvalue weighted by atomic mass is 10.4. The highest BCUT2D eigenvalue weighted by Gasteiger charge is 2.28. The molecule has 0 aliphatic heterocycles. The van der Waals surface area contributed by atoms with Crippen molar-refractivity contribution in [1.29, 1.82) is 0 Å². The molecule has 0 unspecified atom stereocenters.